The first-order chi connectivity index (χ1) is 14.6. The van der Waals surface area contributed by atoms with Crippen molar-refractivity contribution in [2.24, 2.45) is 5.92 Å². The van der Waals surface area contributed by atoms with Gasteiger partial charge in [0.2, 0.25) is 11.8 Å². The van der Waals surface area contributed by atoms with E-state index in [0.717, 1.165) is 44.3 Å². The van der Waals surface area contributed by atoms with Crippen molar-refractivity contribution in [1.82, 2.24) is 10.2 Å². The van der Waals surface area contributed by atoms with Gasteiger partial charge in [-0.25, -0.2) is 0 Å². The van der Waals surface area contributed by atoms with Crippen molar-refractivity contribution >= 4 is 23.4 Å². The molecule has 30 heavy (non-hydrogen) atoms. The summed E-state index contributed by atoms with van der Waals surface area (Å²) < 4.78 is 5.56. The molecule has 2 aliphatic heterocycles. The first-order valence-corrected chi connectivity index (χ1v) is 11.9. The van der Waals surface area contributed by atoms with Crippen molar-refractivity contribution in [3.8, 4) is 0 Å². The van der Waals surface area contributed by atoms with E-state index in [1.165, 1.54) is 19.3 Å². The number of piperidine rings is 1. The van der Waals surface area contributed by atoms with Gasteiger partial charge in [-0.15, -0.1) is 0 Å². The van der Waals surface area contributed by atoms with Gasteiger partial charge in [0, 0.05) is 43.3 Å². The average molecular weight is 433 g/mol. The molecule has 1 aromatic rings. The Morgan fingerprint density at radius 3 is 2.33 bits per heavy atom. The molecule has 1 saturated carbocycles. The Hall–Kier alpha value is -1.59. The molecule has 6 heteroatoms. The van der Waals surface area contributed by atoms with Gasteiger partial charge in [0.25, 0.3) is 0 Å². The Balaban J connectivity index is 1.38. The van der Waals surface area contributed by atoms with Crippen LogP contribution in [0, 0.1) is 5.92 Å². The number of ether oxygens (including phenoxy) is 1. The Morgan fingerprint density at radius 1 is 1.00 bits per heavy atom. The van der Waals surface area contributed by atoms with Crippen LogP contribution in [0.5, 0.6) is 0 Å². The maximum absolute atomic E-state index is 13.5. The minimum absolute atomic E-state index is 0.0518. The van der Waals surface area contributed by atoms with Gasteiger partial charge in [-0.3, -0.25) is 9.59 Å². The van der Waals surface area contributed by atoms with Crippen molar-refractivity contribution in [1.29, 1.82) is 0 Å². The third kappa shape index (κ3) is 4.52. The van der Waals surface area contributed by atoms with Crippen LogP contribution < -0.4 is 5.32 Å². The van der Waals surface area contributed by atoms with Crippen LogP contribution in [-0.4, -0.2) is 49.1 Å². The molecule has 4 rings (SSSR count). The zero-order chi connectivity index (χ0) is 21.0. The van der Waals surface area contributed by atoms with Crippen molar-refractivity contribution in [3.05, 3.63) is 34.9 Å². The maximum Gasteiger partial charge on any atom is 0.231 e. The van der Waals surface area contributed by atoms with E-state index in [2.05, 4.69) is 5.32 Å². The molecule has 0 radical (unpaired) electrons. The highest BCUT2D eigenvalue weighted by molar-refractivity contribution is 6.31. The Kier molecular flexibility index (Phi) is 6.99. The lowest BCUT2D eigenvalue weighted by Gasteiger charge is -2.40. The highest BCUT2D eigenvalue weighted by Crippen LogP contribution is 2.39. The number of likely N-dealkylation sites (tertiary alicyclic amines) is 1. The zero-order valence-electron chi connectivity index (χ0n) is 17.7. The molecular weight excluding hydrogens is 400 g/mol. The topological polar surface area (TPSA) is 58.6 Å². The lowest BCUT2D eigenvalue weighted by Crippen LogP contribution is -2.54. The summed E-state index contributed by atoms with van der Waals surface area (Å²) in [6.45, 7) is 2.60. The molecule has 2 heterocycles. The Bertz CT molecular complexity index is 749. The third-order valence-corrected chi connectivity index (χ3v) is 7.60. The van der Waals surface area contributed by atoms with Gasteiger partial charge < -0.3 is 15.0 Å². The van der Waals surface area contributed by atoms with Crippen LogP contribution in [0.15, 0.2) is 24.3 Å². The molecule has 0 bridgehead atoms. The second-order valence-corrected chi connectivity index (χ2v) is 9.49. The summed E-state index contributed by atoms with van der Waals surface area (Å²) in [7, 11) is 0. The first kappa shape index (κ1) is 21.6. The Morgan fingerprint density at radius 2 is 1.67 bits per heavy atom. The van der Waals surface area contributed by atoms with Gasteiger partial charge in [-0.05, 0) is 50.2 Å². The molecule has 0 aromatic heterocycles. The van der Waals surface area contributed by atoms with E-state index < -0.39 is 5.41 Å². The molecule has 0 atom stereocenters. The van der Waals surface area contributed by atoms with Gasteiger partial charge >= 0.3 is 0 Å². The zero-order valence-corrected chi connectivity index (χ0v) is 18.5. The molecular formula is C24H33ClN2O3. The molecule has 1 N–H and O–H groups in total. The molecule has 1 aliphatic carbocycles. The van der Waals surface area contributed by atoms with Crippen LogP contribution in [-0.2, 0) is 19.7 Å². The summed E-state index contributed by atoms with van der Waals surface area (Å²) in [5.74, 6) is 0.600. The number of amides is 2. The van der Waals surface area contributed by atoms with Crippen molar-refractivity contribution in [2.45, 2.75) is 69.2 Å². The quantitative estimate of drug-likeness (QED) is 0.779. The molecule has 0 unspecified atom stereocenters. The fourth-order valence-corrected chi connectivity index (χ4v) is 5.68. The van der Waals surface area contributed by atoms with Crippen LogP contribution in [0.25, 0.3) is 0 Å². The largest absolute Gasteiger partial charge is 0.381 e. The van der Waals surface area contributed by atoms with Crippen molar-refractivity contribution < 1.29 is 14.3 Å². The van der Waals surface area contributed by atoms with Gasteiger partial charge in [0.1, 0.15) is 0 Å². The highest BCUT2D eigenvalue weighted by atomic mass is 35.5. The normalized spacial score (nSPS) is 23.2. The number of halogens is 1. The molecule has 1 aromatic carbocycles. The SMILES string of the molecule is O=C(C1CCCCC1)N1CCC(NC(=O)C2(c3ccccc3Cl)CCOCC2)CC1. The molecule has 3 fully saturated rings. The molecule has 0 spiro atoms. The fraction of sp³-hybridized carbons (Fsp3) is 0.667. The van der Waals surface area contributed by atoms with Crippen molar-refractivity contribution in [3.63, 3.8) is 0 Å². The number of rotatable bonds is 4. The number of nitrogens with one attached hydrogen (secondary N) is 1. The van der Waals surface area contributed by atoms with Gasteiger partial charge in [0.15, 0.2) is 0 Å². The average Bonchev–Trinajstić information content (AvgIpc) is 2.80. The predicted octanol–water partition coefficient (Wildman–Crippen LogP) is 4.08. The third-order valence-electron chi connectivity index (χ3n) is 7.27. The van der Waals surface area contributed by atoms with E-state index >= 15 is 0 Å². The standard InChI is InChI=1S/C24H33ClN2O3/c25-21-9-5-4-8-20(21)24(12-16-30-17-13-24)23(29)26-19-10-14-27(15-11-19)22(28)18-6-2-1-3-7-18/h4-5,8-9,18-19H,1-3,6-7,10-17H2,(H,26,29). The summed E-state index contributed by atoms with van der Waals surface area (Å²) >= 11 is 6.50. The van der Waals surface area contributed by atoms with E-state index in [4.69, 9.17) is 16.3 Å². The molecule has 2 amide bonds. The number of hydrogen-bond acceptors (Lipinski definition) is 3. The summed E-state index contributed by atoms with van der Waals surface area (Å²) in [6, 6.07) is 7.78. The monoisotopic (exact) mass is 432 g/mol. The van der Waals surface area contributed by atoms with Crippen LogP contribution in [0.4, 0.5) is 0 Å². The van der Waals surface area contributed by atoms with Gasteiger partial charge in [-0.2, -0.15) is 0 Å². The number of carbonyl (C=O) groups excluding carboxylic acids is 2. The van der Waals surface area contributed by atoms with Gasteiger partial charge in [-0.1, -0.05) is 49.1 Å². The minimum atomic E-state index is -0.633. The summed E-state index contributed by atoms with van der Waals surface area (Å²) in [5.41, 5.74) is 0.267. The molecule has 5 nitrogen and oxygen atoms in total. The van der Waals surface area contributed by atoms with Crippen molar-refractivity contribution in [2.75, 3.05) is 26.3 Å². The second-order valence-electron chi connectivity index (χ2n) is 9.08. The predicted molar refractivity (Wildman–Crippen MR) is 118 cm³/mol. The first-order valence-electron chi connectivity index (χ1n) is 11.5. The lowest BCUT2D eigenvalue weighted by atomic mass is 9.73. The summed E-state index contributed by atoms with van der Waals surface area (Å²) in [5, 5.41) is 3.94. The smallest absolute Gasteiger partial charge is 0.231 e. The molecule has 164 valence electrons. The second kappa shape index (κ2) is 9.69. The minimum Gasteiger partial charge on any atom is -0.381 e. The summed E-state index contributed by atoms with van der Waals surface area (Å²) in [4.78, 5) is 28.3. The number of benzene rings is 1. The lowest BCUT2D eigenvalue weighted by molar-refractivity contribution is -0.138. The van der Waals surface area contributed by atoms with E-state index in [1.54, 1.807) is 0 Å². The van der Waals surface area contributed by atoms with Gasteiger partial charge in [0.05, 0.1) is 5.41 Å². The van der Waals surface area contributed by atoms with E-state index in [9.17, 15) is 9.59 Å². The summed E-state index contributed by atoms with van der Waals surface area (Å²) in [6.07, 6.45) is 8.61. The van der Waals surface area contributed by atoms with Crippen LogP contribution in [0.2, 0.25) is 5.02 Å². The number of hydrogen-bond donors (Lipinski definition) is 1. The molecule has 2 saturated heterocycles. The number of carbonyl (C=O) groups is 2. The maximum atomic E-state index is 13.5. The van der Waals surface area contributed by atoms with E-state index in [-0.39, 0.29) is 17.9 Å². The fourth-order valence-electron chi connectivity index (χ4n) is 5.36. The van der Waals surface area contributed by atoms with E-state index in [1.807, 2.05) is 29.2 Å². The van der Waals surface area contributed by atoms with Crippen LogP contribution in [0.3, 0.4) is 0 Å². The van der Waals surface area contributed by atoms with Crippen LogP contribution in [0.1, 0.15) is 63.4 Å². The van der Waals surface area contributed by atoms with Crippen LogP contribution >= 0.6 is 11.6 Å². The Labute approximate surface area is 184 Å². The number of nitrogens with zero attached hydrogens (tertiary/aromatic N) is 1. The molecule has 3 aliphatic rings. The van der Waals surface area contributed by atoms with E-state index in [0.29, 0.717) is 37.0 Å². The highest BCUT2D eigenvalue weighted by Gasteiger charge is 2.44.